The molecule has 2 rings (SSSR count). The van der Waals surface area contributed by atoms with Crippen LogP contribution in [0.2, 0.25) is 0 Å². The van der Waals surface area contributed by atoms with Gasteiger partial charge >= 0.3 is 0 Å². The van der Waals surface area contributed by atoms with Gasteiger partial charge in [-0.1, -0.05) is 52.4 Å². The van der Waals surface area contributed by atoms with Crippen molar-refractivity contribution < 1.29 is 0 Å². The molecular formula is C18H36N2. The van der Waals surface area contributed by atoms with Gasteiger partial charge in [0.2, 0.25) is 0 Å². The van der Waals surface area contributed by atoms with Crippen molar-refractivity contribution in [1.29, 1.82) is 0 Å². The van der Waals surface area contributed by atoms with Gasteiger partial charge in [-0.2, -0.15) is 0 Å². The topological polar surface area (TPSA) is 29.3 Å². The van der Waals surface area contributed by atoms with Crippen molar-refractivity contribution >= 4 is 0 Å². The highest BCUT2D eigenvalue weighted by molar-refractivity contribution is 4.90. The Morgan fingerprint density at radius 2 is 1.75 bits per heavy atom. The van der Waals surface area contributed by atoms with E-state index in [2.05, 4.69) is 18.7 Å². The van der Waals surface area contributed by atoms with Crippen LogP contribution in [-0.2, 0) is 0 Å². The molecule has 0 spiro atoms. The van der Waals surface area contributed by atoms with Gasteiger partial charge in [0.1, 0.15) is 0 Å². The predicted octanol–water partition coefficient (Wildman–Crippen LogP) is 4.18. The summed E-state index contributed by atoms with van der Waals surface area (Å²) in [5, 5.41) is 0. The van der Waals surface area contributed by atoms with Crippen LogP contribution in [0.15, 0.2) is 0 Å². The van der Waals surface area contributed by atoms with E-state index in [9.17, 15) is 0 Å². The maximum absolute atomic E-state index is 6.11. The highest BCUT2D eigenvalue weighted by Crippen LogP contribution is 2.37. The summed E-state index contributed by atoms with van der Waals surface area (Å²) >= 11 is 0. The quantitative estimate of drug-likeness (QED) is 0.790. The lowest BCUT2D eigenvalue weighted by Crippen LogP contribution is -2.51. The minimum Gasteiger partial charge on any atom is -0.330 e. The second-order valence-corrected chi connectivity index (χ2v) is 7.15. The van der Waals surface area contributed by atoms with E-state index in [1.807, 2.05) is 0 Å². The third kappa shape index (κ3) is 3.98. The first-order valence-corrected chi connectivity index (χ1v) is 9.25. The second-order valence-electron chi connectivity index (χ2n) is 7.15. The maximum atomic E-state index is 6.11. The molecule has 20 heavy (non-hydrogen) atoms. The Balaban J connectivity index is 2.02. The van der Waals surface area contributed by atoms with Crippen molar-refractivity contribution in [2.45, 2.75) is 90.1 Å². The van der Waals surface area contributed by atoms with Crippen LogP contribution in [0.3, 0.4) is 0 Å². The van der Waals surface area contributed by atoms with Crippen molar-refractivity contribution in [2.75, 3.05) is 13.1 Å². The summed E-state index contributed by atoms with van der Waals surface area (Å²) in [6, 6.07) is 1.63. The smallest absolute Gasteiger partial charge is 0.0141 e. The van der Waals surface area contributed by atoms with Crippen LogP contribution in [0.5, 0.6) is 0 Å². The predicted molar refractivity (Wildman–Crippen MR) is 87.8 cm³/mol. The third-order valence-electron chi connectivity index (χ3n) is 5.90. The molecule has 0 saturated heterocycles. The standard InChI is InChI=1S/C18H36N2/c1-3-8-15-11-12-16(14-19)18(13-15)20(4-2)17-9-6-5-7-10-17/h15-18H,3-14,19H2,1-2H3. The monoisotopic (exact) mass is 280 g/mol. The molecule has 2 N–H and O–H groups in total. The molecule has 2 fully saturated rings. The van der Waals surface area contributed by atoms with Gasteiger partial charge in [-0.05, 0) is 50.6 Å². The summed E-state index contributed by atoms with van der Waals surface area (Å²) in [5.74, 6) is 1.72. The van der Waals surface area contributed by atoms with Gasteiger partial charge in [-0.25, -0.2) is 0 Å². The summed E-state index contributed by atoms with van der Waals surface area (Å²) in [4.78, 5) is 2.86. The van der Waals surface area contributed by atoms with E-state index in [4.69, 9.17) is 5.73 Å². The third-order valence-corrected chi connectivity index (χ3v) is 5.90. The van der Waals surface area contributed by atoms with Crippen molar-refractivity contribution in [1.82, 2.24) is 4.90 Å². The normalized spacial score (nSPS) is 32.7. The van der Waals surface area contributed by atoms with E-state index in [-0.39, 0.29) is 0 Å². The minimum absolute atomic E-state index is 0.755. The first kappa shape index (κ1) is 16.3. The average molecular weight is 281 g/mol. The lowest BCUT2D eigenvalue weighted by molar-refractivity contribution is 0.0351. The minimum atomic E-state index is 0.755. The molecule has 0 amide bonds. The lowest BCUT2D eigenvalue weighted by atomic mass is 9.75. The zero-order valence-electron chi connectivity index (χ0n) is 13.8. The van der Waals surface area contributed by atoms with E-state index in [1.165, 1.54) is 70.8 Å². The molecule has 2 aliphatic rings. The number of nitrogens with two attached hydrogens (primary N) is 1. The number of rotatable bonds is 6. The van der Waals surface area contributed by atoms with Gasteiger partial charge in [0, 0.05) is 12.1 Å². The van der Waals surface area contributed by atoms with Crippen LogP contribution in [0.1, 0.15) is 78.1 Å². The highest BCUT2D eigenvalue weighted by Gasteiger charge is 2.35. The zero-order chi connectivity index (χ0) is 14.4. The number of nitrogens with zero attached hydrogens (tertiary/aromatic N) is 1. The molecule has 2 aliphatic carbocycles. The molecule has 0 aliphatic heterocycles. The summed E-state index contributed by atoms with van der Waals surface area (Å²) < 4.78 is 0. The molecule has 0 aromatic rings. The summed E-state index contributed by atoms with van der Waals surface area (Å²) in [7, 11) is 0. The first-order chi connectivity index (χ1) is 9.80. The summed E-state index contributed by atoms with van der Waals surface area (Å²) in [6.45, 7) is 6.83. The Kier molecular flexibility index (Phi) is 6.83. The lowest BCUT2D eigenvalue weighted by Gasteiger charge is -2.46. The maximum Gasteiger partial charge on any atom is 0.0141 e. The number of hydrogen-bond acceptors (Lipinski definition) is 2. The zero-order valence-corrected chi connectivity index (χ0v) is 13.8. The molecule has 3 unspecified atom stereocenters. The van der Waals surface area contributed by atoms with E-state index < -0.39 is 0 Å². The highest BCUT2D eigenvalue weighted by atomic mass is 15.2. The van der Waals surface area contributed by atoms with Gasteiger partial charge in [0.15, 0.2) is 0 Å². The summed E-state index contributed by atoms with van der Waals surface area (Å²) in [5.41, 5.74) is 6.11. The van der Waals surface area contributed by atoms with Gasteiger partial charge in [-0.3, -0.25) is 4.90 Å². The van der Waals surface area contributed by atoms with Crippen LogP contribution in [-0.4, -0.2) is 30.1 Å². The fourth-order valence-electron chi connectivity index (χ4n) is 4.82. The van der Waals surface area contributed by atoms with Crippen LogP contribution in [0.25, 0.3) is 0 Å². The van der Waals surface area contributed by atoms with Crippen molar-refractivity contribution in [3.05, 3.63) is 0 Å². The van der Waals surface area contributed by atoms with Crippen LogP contribution < -0.4 is 5.73 Å². The van der Waals surface area contributed by atoms with Crippen LogP contribution in [0, 0.1) is 11.8 Å². The van der Waals surface area contributed by atoms with E-state index >= 15 is 0 Å². The van der Waals surface area contributed by atoms with E-state index in [0.29, 0.717) is 0 Å². The summed E-state index contributed by atoms with van der Waals surface area (Å²) in [6.07, 6.45) is 14.2. The molecule has 0 aromatic carbocycles. The molecule has 118 valence electrons. The van der Waals surface area contributed by atoms with Gasteiger partial charge in [0.05, 0.1) is 0 Å². The molecule has 2 heteroatoms. The van der Waals surface area contributed by atoms with Crippen LogP contribution in [0.4, 0.5) is 0 Å². The molecule has 2 saturated carbocycles. The Morgan fingerprint density at radius 3 is 2.35 bits per heavy atom. The molecule has 0 heterocycles. The Hall–Kier alpha value is -0.0800. The van der Waals surface area contributed by atoms with Crippen molar-refractivity contribution in [2.24, 2.45) is 17.6 Å². The largest absolute Gasteiger partial charge is 0.330 e. The fraction of sp³-hybridized carbons (Fsp3) is 1.00. The first-order valence-electron chi connectivity index (χ1n) is 9.25. The molecule has 2 nitrogen and oxygen atoms in total. The van der Waals surface area contributed by atoms with Gasteiger partial charge in [-0.15, -0.1) is 0 Å². The molecular weight excluding hydrogens is 244 g/mol. The SMILES string of the molecule is CCCC1CCC(CN)C(N(CC)C2CCCCC2)C1. The Labute approximate surface area is 126 Å². The van der Waals surface area contributed by atoms with Gasteiger partial charge in [0.25, 0.3) is 0 Å². The molecule has 3 atom stereocenters. The van der Waals surface area contributed by atoms with Crippen molar-refractivity contribution in [3.8, 4) is 0 Å². The van der Waals surface area contributed by atoms with E-state index in [0.717, 1.165) is 30.5 Å². The Bertz CT molecular complexity index is 260. The van der Waals surface area contributed by atoms with E-state index in [1.54, 1.807) is 0 Å². The Morgan fingerprint density at radius 1 is 1.00 bits per heavy atom. The van der Waals surface area contributed by atoms with Gasteiger partial charge < -0.3 is 5.73 Å². The van der Waals surface area contributed by atoms with Crippen molar-refractivity contribution in [3.63, 3.8) is 0 Å². The number of hydrogen-bond donors (Lipinski definition) is 1. The average Bonchev–Trinajstić information content (AvgIpc) is 2.50. The van der Waals surface area contributed by atoms with Crippen LogP contribution >= 0.6 is 0 Å². The fourth-order valence-corrected chi connectivity index (χ4v) is 4.82. The molecule has 0 aromatic heterocycles. The molecule has 0 radical (unpaired) electrons. The second kappa shape index (κ2) is 8.38. The molecule has 0 bridgehead atoms.